The van der Waals surface area contributed by atoms with Gasteiger partial charge in [0, 0.05) is 49.4 Å². The Bertz CT molecular complexity index is 1110. The van der Waals surface area contributed by atoms with E-state index in [9.17, 15) is 9.59 Å². The monoisotopic (exact) mass is 480 g/mol. The number of aromatic nitrogens is 2. The van der Waals surface area contributed by atoms with Crippen molar-refractivity contribution in [3.8, 4) is 11.3 Å². The highest BCUT2D eigenvalue weighted by atomic mass is 35.5. The van der Waals surface area contributed by atoms with Crippen LogP contribution in [0.15, 0.2) is 60.8 Å². The van der Waals surface area contributed by atoms with Gasteiger partial charge in [-0.15, -0.1) is 0 Å². The summed E-state index contributed by atoms with van der Waals surface area (Å²) in [5, 5.41) is 8.29. The van der Waals surface area contributed by atoms with Gasteiger partial charge in [0.05, 0.1) is 18.7 Å². The van der Waals surface area contributed by atoms with Crippen molar-refractivity contribution in [1.29, 1.82) is 0 Å². The molecule has 2 amide bonds. The first kappa shape index (κ1) is 24.0. The molecule has 178 valence electrons. The Morgan fingerprint density at radius 1 is 1.09 bits per heavy atom. The predicted octanol–water partition coefficient (Wildman–Crippen LogP) is 3.87. The molecule has 0 aliphatic carbocycles. The predicted molar refractivity (Wildman–Crippen MR) is 132 cm³/mol. The molecule has 8 heteroatoms. The average Bonchev–Trinajstić information content (AvgIpc) is 3.28. The largest absolute Gasteiger partial charge is 0.383 e. The van der Waals surface area contributed by atoms with E-state index in [1.54, 1.807) is 19.2 Å². The minimum atomic E-state index is -0.0857. The molecule has 0 atom stereocenters. The lowest BCUT2D eigenvalue weighted by Gasteiger charge is -2.31. The third-order valence-corrected chi connectivity index (χ3v) is 6.31. The van der Waals surface area contributed by atoms with Gasteiger partial charge >= 0.3 is 0 Å². The smallest absolute Gasteiger partial charge is 0.257 e. The minimum absolute atomic E-state index is 0.0293. The number of nitrogens with one attached hydrogen (secondary N) is 1. The maximum Gasteiger partial charge on any atom is 0.257 e. The molecule has 2 aromatic carbocycles. The van der Waals surface area contributed by atoms with Crippen molar-refractivity contribution in [3.05, 3.63) is 76.9 Å². The molecule has 0 unspecified atom stereocenters. The molecule has 7 nitrogen and oxygen atoms in total. The molecule has 1 aliphatic heterocycles. The third-order valence-electron chi connectivity index (χ3n) is 6.06. The Morgan fingerprint density at radius 3 is 2.47 bits per heavy atom. The molecular formula is C26H29ClN4O3. The van der Waals surface area contributed by atoms with E-state index >= 15 is 0 Å². The van der Waals surface area contributed by atoms with E-state index in [1.165, 1.54) is 0 Å². The fourth-order valence-electron chi connectivity index (χ4n) is 4.19. The molecule has 0 spiro atoms. The van der Waals surface area contributed by atoms with Crippen LogP contribution in [0, 0.1) is 5.92 Å². The van der Waals surface area contributed by atoms with E-state index in [2.05, 4.69) is 5.32 Å². The number of carbonyl (C=O) groups excluding carboxylic acids is 2. The molecule has 1 saturated heterocycles. The summed E-state index contributed by atoms with van der Waals surface area (Å²) in [6.45, 7) is 2.62. The van der Waals surface area contributed by atoms with Crippen molar-refractivity contribution in [2.24, 2.45) is 5.92 Å². The maximum absolute atomic E-state index is 13.5. The number of piperidine rings is 1. The van der Waals surface area contributed by atoms with Gasteiger partial charge in [-0.05, 0) is 30.5 Å². The molecule has 1 fully saturated rings. The van der Waals surface area contributed by atoms with Crippen molar-refractivity contribution in [1.82, 2.24) is 20.0 Å². The average molecular weight is 481 g/mol. The van der Waals surface area contributed by atoms with Gasteiger partial charge in [0.1, 0.15) is 5.69 Å². The second-order valence-electron chi connectivity index (χ2n) is 8.43. The highest BCUT2D eigenvalue weighted by molar-refractivity contribution is 6.30. The first-order chi connectivity index (χ1) is 16.5. The number of rotatable bonds is 8. The quantitative estimate of drug-likeness (QED) is 0.496. The summed E-state index contributed by atoms with van der Waals surface area (Å²) in [6.07, 6.45) is 3.10. The Morgan fingerprint density at radius 2 is 1.79 bits per heavy atom. The van der Waals surface area contributed by atoms with Crippen molar-refractivity contribution >= 4 is 23.4 Å². The Balaban J connectivity index is 1.51. The van der Waals surface area contributed by atoms with Gasteiger partial charge in [-0.1, -0.05) is 54.1 Å². The van der Waals surface area contributed by atoms with Gasteiger partial charge in [-0.25, -0.2) is 0 Å². The molecule has 2 heterocycles. The SMILES string of the molecule is COCCNC(=O)C1CCN(C(=O)c2cn(Cc3ccccc3)nc2-c2ccc(Cl)cc2)CC1. The van der Waals surface area contributed by atoms with Crippen LogP contribution in [0.3, 0.4) is 0 Å². The fourth-order valence-corrected chi connectivity index (χ4v) is 4.31. The van der Waals surface area contributed by atoms with Crippen molar-refractivity contribution in [2.75, 3.05) is 33.4 Å². The van der Waals surface area contributed by atoms with Crippen LogP contribution >= 0.6 is 11.6 Å². The van der Waals surface area contributed by atoms with Crippen LogP contribution in [0.2, 0.25) is 5.02 Å². The van der Waals surface area contributed by atoms with Crippen LogP contribution in [0.4, 0.5) is 0 Å². The summed E-state index contributed by atoms with van der Waals surface area (Å²) < 4.78 is 6.80. The lowest BCUT2D eigenvalue weighted by Crippen LogP contribution is -2.43. The Hall–Kier alpha value is -3.16. The summed E-state index contributed by atoms with van der Waals surface area (Å²) in [5.74, 6) is -0.123. The van der Waals surface area contributed by atoms with Gasteiger partial charge in [-0.3, -0.25) is 14.3 Å². The van der Waals surface area contributed by atoms with Gasteiger partial charge < -0.3 is 15.0 Å². The summed E-state index contributed by atoms with van der Waals surface area (Å²) >= 11 is 6.07. The number of amides is 2. The number of hydrogen-bond donors (Lipinski definition) is 1. The summed E-state index contributed by atoms with van der Waals surface area (Å²) in [4.78, 5) is 27.7. The van der Waals surface area contributed by atoms with Crippen LogP contribution in [-0.4, -0.2) is 59.8 Å². The van der Waals surface area contributed by atoms with Crippen LogP contribution in [0.1, 0.15) is 28.8 Å². The first-order valence-corrected chi connectivity index (χ1v) is 11.9. The maximum atomic E-state index is 13.5. The van der Waals surface area contributed by atoms with Crippen molar-refractivity contribution < 1.29 is 14.3 Å². The molecule has 0 radical (unpaired) electrons. The topological polar surface area (TPSA) is 76.5 Å². The lowest BCUT2D eigenvalue weighted by molar-refractivity contribution is -0.126. The number of ether oxygens (including phenoxy) is 1. The van der Waals surface area contributed by atoms with Crippen LogP contribution < -0.4 is 5.32 Å². The summed E-state index contributed by atoms with van der Waals surface area (Å²) in [7, 11) is 1.61. The molecule has 1 N–H and O–H groups in total. The number of halogens is 1. The molecule has 1 aliphatic rings. The summed E-state index contributed by atoms with van der Waals surface area (Å²) in [5.41, 5.74) is 3.14. The minimum Gasteiger partial charge on any atom is -0.383 e. The second-order valence-corrected chi connectivity index (χ2v) is 8.87. The molecule has 0 bridgehead atoms. The van der Waals surface area contributed by atoms with E-state index in [4.69, 9.17) is 21.4 Å². The Labute approximate surface area is 204 Å². The molecule has 4 rings (SSSR count). The second kappa shape index (κ2) is 11.3. The number of methoxy groups -OCH3 is 1. The van der Waals surface area contributed by atoms with E-state index in [0.717, 1.165) is 11.1 Å². The number of nitrogens with zero attached hydrogens (tertiary/aromatic N) is 3. The highest BCUT2D eigenvalue weighted by Crippen LogP contribution is 2.27. The van der Waals surface area contributed by atoms with E-state index in [0.29, 0.717) is 61.9 Å². The standard InChI is InChI=1S/C26H29ClN4O3/c1-34-16-13-28-25(32)21-11-14-30(15-12-21)26(33)23-18-31(17-19-5-3-2-4-6-19)29-24(23)20-7-9-22(27)10-8-20/h2-10,18,21H,11-17H2,1H3,(H,28,32). The van der Waals surface area contributed by atoms with Gasteiger partial charge in [-0.2, -0.15) is 5.10 Å². The zero-order valence-corrected chi connectivity index (χ0v) is 20.0. The molecule has 0 saturated carbocycles. The zero-order chi connectivity index (χ0) is 23.9. The van der Waals surface area contributed by atoms with Crippen molar-refractivity contribution in [3.63, 3.8) is 0 Å². The van der Waals surface area contributed by atoms with E-state index < -0.39 is 0 Å². The van der Waals surface area contributed by atoms with Crippen LogP contribution in [0.5, 0.6) is 0 Å². The Kier molecular flexibility index (Phi) is 7.98. The van der Waals surface area contributed by atoms with E-state index in [-0.39, 0.29) is 17.7 Å². The number of benzene rings is 2. The zero-order valence-electron chi connectivity index (χ0n) is 19.2. The molecular weight excluding hydrogens is 452 g/mol. The number of hydrogen-bond acceptors (Lipinski definition) is 4. The van der Waals surface area contributed by atoms with Gasteiger partial charge in [0.25, 0.3) is 5.91 Å². The van der Waals surface area contributed by atoms with Crippen molar-refractivity contribution in [2.45, 2.75) is 19.4 Å². The van der Waals surface area contributed by atoms with Gasteiger partial charge in [0.15, 0.2) is 0 Å². The van der Waals surface area contributed by atoms with Crippen LogP contribution in [-0.2, 0) is 16.1 Å². The first-order valence-electron chi connectivity index (χ1n) is 11.5. The molecule has 1 aromatic heterocycles. The number of likely N-dealkylation sites (tertiary alicyclic amines) is 1. The normalized spacial score (nSPS) is 14.2. The third kappa shape index (κ3) is 5.85. The lowest BCUT2D eigenvalue weighted by atomic mass is 9.95. The van der Waals surface area contributed by atoms with Crippen LogP contribution in [0.25, 0.3) is 11.3 Å². The molecule has 3 aromatic rings. The van der Waals surface area contributed by atoms with E-state index in [1.807, 2.05) is 58.2 Å². The van der Waals surface area contributed by atoms with Gasteiger partial charge in [0.2, 0.25) is 5.91 Å². The fraction of sp³-hybridized carbons (Fsp3) is 0.346. The highest BCUT2D eigenvalue weighted by Gasteiger charge is 2.30. The number of carbonyl (C=O) groups is 2. The summed E-state index contributed by atoms with van der Waals surface area (Å²) in [6, 6.07) is 17.4. The molecule has 34 heavy (non-hydrogen) atoms.